The maximum absolute atomic E-state index is 12.5. The molecular formula is C64H121NO5. The number of carbonyl (C=O) groups is 2. The summed E-state index contributed by atoms with van der Waals surface area (Å²) < 4.78 is 5.47. The Morgan fingerprint density at radius 1 is 0.400 bits per heavy atom. The van der Waals surface area contributed by atoms with Gasteiger partial charge in [-0.2, -0.15) is 0 Å². The average Bonchev–Trinajstić information content (AvgIpc) is 3.36. The van der Waals surface area contributed by atoms with E-state index in [2.05, 4.69) is 43.5 Å². The summed E-state index contributed by atoms with van der Waals surface area (Å²) in [6.45, 7) is 4.89. The second-order valence-electron chi connectivity index (χ2n) is 21.4. The van der Waals surface area contributed by atoms with Gasteiger partial charge in [-0.1, -0.05) is 294 Å². The third-order valence-electron chi connectivity index (χ3n) is 14.4. The van der Waals surface area contributed by atoms with E-state index in [0.717, 1.165) is 77.0 Å². The van der Waals surface area contributed by atoms with Crippen molar-refractivity contribution in [1.29, 1.82) is 0 Å². The van der Waals surface area contributed by atoms with Gasteiger partial charge < -0.3 is 20.3 Å². The van der Waals surface area contributed by atoms with Gasteiger partial charge >= 0.3 is 5.97 Å². The predicted octanol–water partition coefficient (Wildman–Crippen LogP) is 19.6. The van der Waals surface area contributed by atoms with Crippen molar-refractivity contribution in [2.75, 3.05) is 13.2 Å². The summed E-state index contributed by atoms with van der Waals surface area (Å²) in [4.78, 5) is 24.5. The topological polar surface area (TPSA) is 95.9 Å². The fourth-order valence-electron chi connectivity index (χ4n) is 9.63. The highest BCUT2D eigenvalue weighted by molar-refractivity contribution is 5.76. The van der Waals surface area contributed by atoms with Crippen molar-refractivity contribution in [3.63, 3.8) is 0 Å². The van der Waals surface area contributed by atoms with Crippen LogP contribution in [0.5, 0.6) is 0 Å². The summed E-state index contributed by atoms with van der Waals surface area (Å²) in [7, 11) is 0. The van der Waals surface area contributed by atoms with Crippen LogP contribution in [0.15, 0.2) is 36.5 Å². The van der Waals surface area contributed by atoms with Gasteiger partial charge in [-0.25, -0.2) is 0 Å². The summed E-state index contributed by atoms with van der Waals surface area (Å²) in [6, 6.07) is -0.636. The van der Waals surface area contributed by atoms with Gasteiger partial charge in [-0.3, -0.25) is 9.59 Å². The maximum atomic E-state index is 12.5. The Hall–Kier alpha value is -1.92. The molecule has 0 saturated carbocycles. The minimum absolute atomic E-state index is 0.0100. The Balaban J connectivity index is 3.48. The molecule has 3 N–H and O–H groups in total. The molecule has 6 heteroatoms. The van der Waals surface area contributed by atoms with Crippen LogP contribution in [0.1, 0.15) is 335 Å². The molecule has 0 radical (unpaired) electrons. The van der Waals surface area contributed by atoms with Crippen LogP contribution in [0.25, 0.3) is 0 Å². The molecule has 0 aliphatic rings. The Morgan fingerprint density at radius 3 is 1.06 bits per heavy atom. The number of amides is 1. The molecule has 2 atom stereocenters. The van der Waals surface area contributed by atoms with E-state index in [1.807, 2.05) is 6.08 Å². The largest absolute Gasteiger partial charge is 0.466 e. The standard InChI is InChI=1S/C64H121NO5/c1-3-5-7-9-11-13-15-17-19-24-28-32-36-40-44-48-52-56-62(67)61(60-66)65-63(68)57-53-49-45-41-37-33-29-26-22-21-23-27-31-35-39-43-47-51-55-59-70-64(69)58-54-50-46-42-38-34-30-25-20-18-16-14-12-10-8-6-4-2/h27,31,35,39,52,56,61-62,66-67H,3-26,28-30,32-34,36-38,40-51,53-55,57-60H2,1-2H3,(H,65,68)/b31-27-,39-35-,56-52+. The molecular weight excluding hydrogens is 863 g/mol. The van der Waals surface area contributed by atoms with Gasteiger partial charge in [0.1, 0.15) is 0 Å². The van der Waals surface area contributed by atoms with Crippen LogP contribution in [0, 0.1) is 0 Å². The fourth-order valence-corrected chi connectivity index (χ4v) is 9.63. The zero-order valence-corrected chi connectivity index (χ0v) is 47.0. The summed E-state index contributed by atoms with van der Waals surface area (Å²) in [5.41, 5.74) is 0. The minimum Gasteiger partial charge on any atom is -0.466 e. The molecule has 0 rings (SSSR count). The minimum atomic E-state index is -0.852. The molecule has 0 bridgehead atoms. The lowest BCUT2D eigenvalue weighted by Crippen LogP contribution is -2.45. The number of unbranched alkanes of at least 4 members (excludes halogenated alkanes) is 44. The first-order valence-electron chi connectivity index (χ1n) is 31.3. The smallest absolute Gasteiger partial charge is 0.305 e. The Morgan fingerprint density at radius 2 is 0.700 bits per heavy atom. The lowest BCUT2D eigenvalue weighted by atomic mass is 10.0. The SMILES string of the molecule is CCCCCCCCCCCCCCCCC/C=C/C(O)C(CO)NC(=O)CCCCCCCCCCCC/C=C\C=C/CCCCCOC(=O)CCCCCCCCCCCCCCCCCCC. The molecule has 0 aromatic rings. The van der Waals surface area contributed by atoms with E-state index >= 15 is 0 Å². The molecule has 0 aliphatic heterocycles. The number of esters is 1. The van der Waals surface area contributed by atoms with E-state index < -0.39 is 12.1 Å². The van der Waals surface area contributed by atoms with Gasteiger partial charge in [0, 0.05) is 12.8 Å². The zero-order chi connectivity index (χ0) is 50.7. The van der Waals surface area contributed by atoms with E-state index in [1.165, 1.54) is 231 Å². The number of aliphatic hydroxyl groups is 2. The maximum Gasteiger partial charge on any atom is 0.305 e. The summed E-state index contributed by atoms with van der Waals surface area (Å²) >= 11 is 0. The van der Waals surface area contributed by atoms with Crippen LogP contribution < -0.4 is 5.32 Å². The molecule has 0 aromatic carbocycles. The van der Waals surface area contributed by atoms with Gasteiger partial charge in [0.15, 0.2) is 0 Å². The number of ether oxygens (including phenoxy) is 1. The number of hydrogen-bond donors (Lipinski definition) is 3. The average molecular weight is 985 g/mol. The van der Waals surface area contributed by atoms with Gasteiger partial charge in [0.25, 0.3) is 0 Å². The monoisotopic (exact) mass is 984 g/mol. The summed E-state index contributed by atoms with van der Waals surface area (Å²) in [5.74, 6) is -0.0861. The van der Waals surface area contributed by atoms with E-state index in [-0.39, 0.29) is 18.5 Å². The Bertz CT molecular complexity index is 1130. The third-order valence-corrected chi connectivity index (χ3v) is 14.4. The van der Waals surface area contributed by atoms with Crippen molar-refractivity contribution in [1.82, 2.24) is 5.32 Å². The number of aliphatic hydroxyl groups excluding tert-OH is 2. The molecule has 70 heavy (non-hydrogen) atoms. The number of rotatable bonds is 58. The highest BCUT2D eigenvalue weighted by atomic mass is 16.5. The first-order chi connectivity index (χ1) is 34.5. The molecule has 0 saturated heterocycles. The number of hydrogen-bond acceptors (Lipinski definition) is 5. The summed E-state index contributed by atoms with van der Waals surface area (Å²) in [5, 5.41) is 23.1. The van der Waals surface area contributed by atoms with Crippen LogP contribution in [-0.2, 0) is 14.3 Å². The summed E-state index contributed by atoms with van der Waals surface area (Å²) in [6.07, 6.45) is 74.7. The number of allylic oxidation sites excluding steroid dienone is 5. The van der Waals surface area contributed by atoms with Crippen LogP contribution in [0.3, 0.4) is 0 Å². The van der Waals surface area contributed by atoms with E-state index in [1.54, 1.807) is 6.08 Å². The van der Waals surface area contributed by atoms with Crippen molar-refractivity contribution >= 4 is 11.9 Å². The van der Waals surface area contributed by atoms with Crippen molar-refractivity contribution < 1.29 is 24.5 Å². The van der Waals surface area contributed by atoms with Gasteiger partial charge in [-0.15, -0.1) is 0 Å². The zero-order valence-electron chi connectivity index (χ0n) is 47.0. The van der Waals surface area contributed by atoms with E-state index in [4.69, 9.17) is 4.74 Å². The lowest BCUT2D eigenvalue weighted by Gasteiger charge is -2.20. The van der Waals surface area contributed by atoms with E-state index in [0.29, 0.717) is 19.4 Å². The molecule has 6 nitrogen and oxygen atoms in total. The van der Waals surface area contributed by atoms with Crippen LogP contribution in [0.4, 0.5) is 0 Å². The predicted molar refractivity (Wildman–Crippen MR) is 306 cm³/mol. The molecule has 1 amide bonds. The van der Waals surface area contributed by atoms with Crippen molar-refractivity contribution in [3.05, 3.63) is 36.5 Å². The molecule has 0 heterocycles. The second kappa shape index (κ2) is 59.6. The lowest BCUT2D eigenvalue weighted by molar-refractivity contribution is -0.143. The molecule has 2 unspecified atom stereocenters. The van der Waals surface area contributed by atoms with Gasteiger partial charge in [0.05, 0.1) is 25.4 Å². The van der Waals surface area contributed by atoms with Crippen LogP contribution in [0.2, 0.25) is 0 Å². The first kappa shape index (κ1) is 68.1. The molecule has 0 aliphatic carbocycles. The van der Waals surface area contributed by atoms with Crippen molar-refractivity contribution in [3.8, 4) is 0 Å². The molecule has 0 spiro atoms. The van der Waals surface area contributed by atoms with Crippen LogP contribution in [-0.4, -0.2) is 47.4 Å². The molecule has 0 fully saturated rings. The highest BCUT2D eigenvalue weighted by Crippen LogP contribution is 2.17. The van der Waals surface area contributed by atoms with E-state index in [9.17, 15) is 19.8 Å². The highest BCUT2D eigenvalue weighted by Gasteiger charge is 2.18. The number of carbonyl (C=O) groups excluding carboxylic acids is 2. The van der Waals surface area contributed by atoms with Gasteiger partial charge in [-0.05, 0) is 64.2 Å². The Labute approximate surface area is 436 Å². The fraction of sp³-hybridized carbons (Fsp3) is 0.875. The quantitative estimate of drug-likeness (QED) is 0.0244. The third kappa shape index (κ3) is 55.4. The van der Waals surface area contributed by atoms with Crippen molar-refractivity contribution in [2.45, 2.75) is 347 Å². The molecule has 412 valence electrons. The van der Waals surface area contributed by atoms with Crippen molar-refractivity contribution in [2.24, 2.45) is 0 Å². The molecule has 0 aromatic heterocycles. The Kier molecular flexibility index (Phi) is 58.0. The number of nitrogens with one attached hydrogen (secondary N) is 1. The van der Waals surface area contributed by atoms with Gasteiger partial charge in [0.2, 0.25) is 5.91 Å². The second-order valence-corrected chi connectivity index (χ2v) is 21.4. The normalized spacial score (nSPS) is 12.8. The first-order valence-corrected chi connectivity index (χ1v) is 31.3. The van der Waals surface area contributed by atoms with Crippen LogP contribution >= 0.6 is 0 Å².